The Hall–Kier alpha value is -0.410. The van der Waals surface area contributed by atoms with Gasteiger partial charge in [-0.25, -0.2) is 4.98 Å². The first-order valence-corrected chi connectivity index (χ1v) is 6.74. The summed E-state index contributed by atoms with van der Waals surface area (Å²) < 4.78 is 0. The molecule has 0 spiro atoms. The molecule has 0 saturated heterocycles. The standard InChI is InChI=1S/C12H22N2S/c1-4-5-6-10(2)13-8-7-12-9-15-11(3)14-12/h9-10,13H,4-8H2,1-3H3. The quantitative estimate of drug-likeness (QED) is 0.772. The lowest BCUT2D eigenvalue weighted by molar-refractivity contribution is 0.497. The molecule has 0 aliphatic carbocycles. The van der Waals surface area contributed by atoms with Gasteiger partial charge in [0.2, 0.25) is 0 Å². The van der Waals surface area contributed by atoms with Gasteiger partial charge in [-0.2, -0.15) is 0 Å². The van der Waals surface area contributed by atoms with Crippen molar-refractivity contribution >= 4 is 11.3 Å². The molecule has 0 radical (unpaired) electrons. The summed E-state index contributed by atoms with van der Waals surface area (Å²) >= 11 is 1.74. The van der Waals surface area contributed by atoms with E-state index in [1.54, 1.807) is 11.3 Å². The molecule has 1 N–H and O–H groups in total. The summed E-state index contributed by atoms with van der Waals surface area (Å²) in [6.45, 7) is 7.62. The highest BCUT2D eigenvalue weighted by Gasteiger charge is 2.01. The second-order valence-electron chi connectivity index (χ2n) is 4.11. The van der Waals surface area contributed by atoms with Gasteiger partial charge in [0, 0.05) is 24.4 Å². The van der Waals surface area contributed by atoms with E-state index in [1.165, 1.54) is 30.0 Å². The SMILES string of the molecule is CCCCC(C)NCCc1csc(C)n1. The summed E-state index contributed by atoms with van der Waals surface area (Å²) in [4.78, 5) is 4.45. The highest BCUT2D eigenvalue weighted by atomic mass is 32.1. The van der Waals surface area contributed by atoms with Gasteiger partial charge in [-0.05, 0) is 20.3 Å². The molecule has 1 heterocycles. The zero-order chi connectivity index (χ0) is 11.1. The number of nitrogens with zero attached hydrogens (tertiary/aromatic N) is 1. The number of rotatable bonds is 7. The molecular formula is C12H22N2S. The molecule has 0 saturated carbocycles. The molecule has 2 nitrogen and oxygen atoms in total. The highest BCUT2D eigenvalue weighted by Crippen LogP contribution is 2.08. The van der Waals surface area contributed by atoms with Gasteiger partial charge in [0.1, 0.15) is 0 Å². The smallest absolute Gasteiger partial charge is 0.0897 e. The van der Waals surface area contributed by atoms with E-state index in [0.29, 0.717) is 6.04 Å². The summed E-state index contributed by atoms with van der Waals surface area (Å²) in [5.74, 6) is 0. The molecule has 1 aromatic rings. The fourth-order valence-electron chi connectivity index (χ4n) is 1.58. The third-order valence-electron chi connectivity index (χ3n) is 2.53. The lowest BCUT2D eigenvalue weighted by Crippen LogP contribution is -2.28. The zero-order valence-corrected chi connectivity index (χ0v) is 10.9. The Kier molecular flexibility index (Phi) is 5.88. The number of nitrogens with one attached hydrogen (secondary N) is 1. The molecule has 0 aliphatic rings. The van der Waals surface area contributed by atoms with Crippen LogP contribution in [0, 0.1) is 6.92 Å². The van der Waals surface area contributed by atoms with E-state index < -0.39 is 0 Å². The maximum Gasteiger partial charge on any atom is 0.0897 e. The molecule has 0 fully saturated rings. The molecule has 15 heavy (non-hydrogen) atoms. The third kappa shape index (κ3) is 5.28. The van der Waals surface area contributed by atoms with Crippen LogP contribution in [0.5, 0.6) is 0 Å². The Morgan fingerprint density at radius 2 is 2.33 bits per heavy atom. The predicted molar refractivity (Wildman–Crippen MR) is 67.5 cm³/mol. The van der Waals surface area contributed by atoms with Crippen molar-refractivity contribution < 1.29 is 0 Å². The number of unbranched alkanes of at least 4 members (excludes halogenated alkanes) is 1. The van der Waals surface area contributed by atoms with Gasteiger partial charge in [0.05, 0.1) is 10.7 Å². The van der Waals surface area contributed by atoms with E-state index >= 15 is 0 Å². The average Bonchev–Trinajstić information content (AvgIpc) is 2.61. The molecule has 0 aromatic carbocycles. The first-order valence-electron chi connectivity index (χ1n) is 5.86. The van der Waals surface area contributed by atoms with Crippen molar-refractivity contribution in [1.29, 1.82) is 0 Å². The van der Waals surface area contributed by atoms with Crippen LogP contribution in [-0.2, 0) is 6.42 Å². The van der Waals surface area contributed by atoms with Crippen molar-refractivity contribution in [3.8, 4) is 0 Å². The molecule has 0 amide bonds. The number of aromatic nitrogens is 1. The van der Waals surface area contributed by atoms with Gasteiger partial charge in [-0.15, -0.1) is 11.3 Å². The minimum Gasteiger partial charge on any atom is -0.314 e. The van der Waals surface area contributed by atoms with Crippen LogP contribution in [0.1, 0.15) is 43.8 Å². The van der Waals surface area contributed by atoms with E-state index in [9.17, 15) is 0 Å². The number of aryl methyl sites for hydroxylation is 1. The van der Waals surface area contributed by atoms with Crippen LogP contribution in [-0.4, -0.2) is 17.6 Å². The van der Waals surface area contributed by atoms with Gasteiger partial charge in [0.15, 0.2) is 0 Å². The molecule has 1 aromatic heterocycles. The van der Waals surface area contributed by atoms with E-state index in [4.69, 9.17) is 0 Å². The van der Waals surface area contributed by atoms with Crippen molar-refractivity contribution in [2.24, 2.45) is 0 Å². The molecule has 1 unspecified atom stereocenters. The van der Waals surface area contributed by atoms with Crippen molar-refractivity contribution in [2.75, 3.05) is 6.54 Å². The van der Waals surface area contributed by atoms with Crippen molar-refractivity contribution in [3.63, 3.8) is 0 Å². The average molecular weight is 226 g/mol. The Bertz CT molecular complexity index is 270. The first-order chi connectivity index (χ1) is 7.22. The summed E-state index contributed by atoms with van der Waals surface area (Å²) in [6, 6.07) is 0.643. The predicted octanol–water partition coefficient (Wildman–Crippen LogP) is 3.16. The van der Waals surface area contributed by atoms with Gasteiger partial charge < -0.3 is 5.32 Å². The lowest BCUT2D eigenvalue weighted by atomic mass is 10.1. The molecule has 1 atom stereocenters. The fourth-order valence-corrected chi connectivity index (χ4v) is 2.23. The van der Waals surface area contributed by atoms with Crippen molar-refractivity contribution in [1.82, 2.24) is 10.3 Å². The van der Waals surface area contributed by atoms with Crippen LogP contribution in [0.4, 0.5) is 0 Å². The molecule has 0 bridgehead atoms. The van der Waals surface area contributed by atoms with Gasteiger partial charge in [-0.1, -0.05) is 19.8 Å². The van der Waals surface area contributed by atoms with Gasteiger partial charge >= 0.3 is 0 Å². The highest BCUT2D eigenvalue weighted by molar-refractivity contribution is 7.09. The summed E-state index contributed by atoms with van der Waals surface area (Å²) in [5, 5.41) is 6.87. The molecular weight excluding hydrogens is 204 g/mol. The van der Waals surface area contributed by atoms with E-state index in [0.717, 1.165) is 13.0 Å². The van der Waals surface area contributed by atoms with Crippen LogP contribution in [0.15, 0.2) is 5.38 Å². The zero-order valence-electron chi connectivity index (χ0n) is 10.0. The van der Waals surface area contributed by atoms with Gasteiger partial charge in [0.25, 0.3) is 0 Å². The Morgan fingerprint density at radius 3 is 2.93 bits per heavy atom. The maximum absolute atomic E-state index is 4.45. The number of hydrogen-bond acceptors (Lipinski definition) is 3. The largest absolute Gasteiger partial charge is 0.314 e. The fraction of sp³-hybridized carbons (Fsp3) is 0.750. The maximum atomic E-state index is 4.45. The van der Waals surface area contributed by atoms with E-state index in [1.807, 2.05) is 0 Å². The topological polar surface area (TPSA) is 24.9 Å². The molecule has 86 valence electrons. The molecule has 0 aliphatic heterocycles. The van der Waals surface area contributed by atoms with E-state index in [2.05, 4.69) is 36.5 Å². The third-order valence-corrected chi connectivity index (χ3v) is 3.35. The monoisotopic (exact) mass is 226 g/mol. The second-order valence-corrected chi connectivity index (χ2v) is 5.17. The lowest BCUT2D eigenvalue weighted by Gasteiger charge is -2.12. The van der Waals surface area contributed by atoms with Crippen LogP contribution < -0.4 is 5.32 Å². The summed E-state index contributed by atoms with van der Waals surface area (Å²) in [7, 11) is 0. The number of thiazole rings is 1. The summed E-state index contributed by atoms with van der Waals surface area (Å²) in [6.07, 6.45) is 4.95. The van der Waals surface area contributed by atoms with E-state index in [-0.39, 0.29) is 0 Å². The Balaban J connectivity index is 2.10. The Labute approximate surface area is 97.1 Å². The number of hydrogen-bond donors (Lipinski definition) is 1. The Morgan fingerprint density at radius 1 is 1.53 bits per heavy atom. The van der Waals surface area contributed by atoms with Crippen molar-refractivity contribution in [3.05, 3.63) is 16.1 Å². The van der Waals surface area contributed by atoms with Crippen LogP contribution >= 0.6 is 11.3 Å². The van der Waals surface area contributed by atoms with Gasteiger partial charge in [-0.3, -0.25) is 0 Å². The summed E-state index contributed by atoms with van der Waals surface area (Å²) in [5.41, 5.74) is 1.23. The normalized spacial score (nSPS) is 13.0. The molecule has 1 rings (SSSR count). The second kappa shape index (κ2) is 6.96. The minimum absolute atomic E-state index is 0.643. The molecule has 3 heteroatoms. The van der Waals surface area contributed by atoms with Crippen LogP contribution in [0.25, 0.3) is 0 Å². The first kappa shape index (κ1) is 12.7. The van der Waals surface area contributed by atoms with Crippen LogP contribution in [0.2, 0.25) is 0 Å². The van der Waals surface area contributed by atoms with Crippen molar-refractivity contribution in [2.45, 2.75) is 52.5 Å². The minimum atomic E-state index is 0.643. The van der Waals surface area contributed by atoms with Crippen LogP contribution in [0.3, 0.4) is 0 Å².